The van der Waals surface area contributed by atoms with Gasteiger partial charge in [-0.25, -0.2) is 9.97 Å². The minimum atomic E-state index is -1.17. The first-order chi connectivity index (χ1) is 16.9. The van der Waals surface area contributed by atoms with E-state index in [1.54, 1.807) is 6.92 Å². The Hall–Kier alpha value is -4.14. The van der Waals surface area contributed by atoms with Crippen molar-refractivity contribution in [1.29, 1.82) is 0 Å². The lowest BCUT2D eigenvalue weighted by molar-refractivity contribution is -0.135. The van der Waals surface area contributed by atoms with Crippen molar-refractivity contribution in [2.75, 3.05) is 24.5 Å². The van der Waals surface area contributed by atoms with Crippen LogP contribution in [0.2, 0.25) is 0 Å². The van der Waals surface area contributed by atoms with Gasteiger partial charge in [-0.05, 0) is 62.1 Å². The van der Waals surface area contributed by atoms with Crippen molar-refractivity contribution in [2.24, 2.45) is 5.92 Å². The Kier molecular flexibility index (Phi) is 7.45. The summed E-state index contributed by atoms with van der Waals surface area (Å²) in [6, 6.07) is 17.7. The molecule has 1 aromatic heterocycles. The summed E-state index contributed by atoms with van der Waals surface area (Å²) in [5.74, 6) is 0.173. The summed E-state index contributed by atoms with van der Waals surface area (Å²) in [5.41, 5.74) is 1.24. The number of amides is 1. The average Bonchev–Trinajstić information content (AvgIpc) is 2.86. The van der Waals surface area contributed by atoms with Gasteiger partial charge in [0.25, 0.3) is 5.91 Å². The van der Waals surface area contributed by atoms with Gasteiger partial charge in [-0.2, -0.15) is 0 Å². The summed E-state index contributed by atoms with van der Waals surface area (Å²) in [4.78, 5) is 33.9. The van der Waals surface area contributed by atoms with Gasteiger partial charge in [0.1, 0.15) is 23.9 Å². The molecule has 2 heterocycles. The fraction of sp³-hybridized carbons (Fsp3) is 0.308. The Labute approximate surface area is 203 Å². The number of hydrogen-bond donors (Lipinski definition) is 3. The summed E-state index contributed by atoms with van der Waals surface area (Å²) in [6.07, 6.45) is 2.45. The molecule has 2 aromatic carbocycles. The molecule has 0 bridgehead atoms. The van der Waals surface area contributed by atoms with Crippen molar-refractivity contribution in [2.45, 2.75) is 26.2 Å². The Balaban J connectivity index is 1.33. The third kappa shape index (κ3) is 6.26. The van der Waals surface area contributed by atoms with E-state index in [0.29, 0.717) is 23.9 Å². The molecule has 1 aliphatic heterocycles. The number of carbonyl (C=O) groups is 2. The third-order valence-corrected chi connectivity index (χ3v) is 5.99. The molecule has 9 nitrogen and oxygen atoms in total. The molecule has 0 radical (unpaired) electrons. The smallest absolute Gasteiger partial charge is 0.322 e. The van der Waals surface area contributed by atoms with E-state index in [4.69, 9.17) is 9.84 Å². The van der Waals surface area contributed by atoms with Crippen molar-refractivity contribution in [1.82, 2.24) is 15.3 Å². The lowest BCUT2D eigenvalue weighted by atomic mass is 9.93. The predicted molar refractivity (Wildman–Crippen MR) is 130 cm³/mol. The maximum Gasteiger partial charge on any atom is 0.322 e. The molecular weight excluding hydrogens is 448 g/mol. The zero-order valence-electron chi connectivity index (χ0n) is 19.5. The van der Waals surface area contributed by atoms with Crippen molar-refractivity contribution < 1.29 is 24.5 Å². The van der Waals surface area contributed by atoms with Crippen LogP contribution in [0.5, 0.6) is 17.2 Å². The standard InChI is InChI=1S/C26H28N4O5/c1-17-25(33)24(26(34)27-16-23(31)32)29-22(28-17)15-18-11-13-30(14-12-18)19-7-9-21(10-8-19)35-20-5-3-2-4-6-20/h2-10,18,33H,11-16H2,1H3,(H,27,34)(H,31,32). The predicted octanol–water partition coefficient (Wildman–Crippen LogP) is 3.56. The second kappa shape index (κ2) is 10.9. The number of anilines is 1. The number of nitrogens with zero attached hydrogens (tertiary/aromatic N) is 3. The summed E-state index contributed by atoms with van der Waals surface area (Å²) in [5, 5.41) is 21.2. The Morgan fingerprint density at radius 1 is 1.03 bits per heavy atom. The van der Waals surface area contributed by atoms with E-state index < -0.39 is 18.4 Å². The number of aromatic hydroxyl groups is 1. The van der Waals surface area contributed by atoms with Crippen LogP contribution in [0.3, 0.4) is 0 Å². The van der Waals surface area contributed by atoms with E-state index >= 15 is 0 Å². The van der Waals surface area contributed by atoms with Crippen LogP contribution in [0, 0.1) is 12.8 Å². The highest BCUT2D eigenvalue weighted by atomic mass is 16.5. The quantitative estimate of drug-likeness (QED) is 0.451. The topological polar surface area (TPSA) is 125 Å². The lowest BCUT2D eigenvalue weighted by Gasteiger charge is -2.33. The van der Waals surface area contributed by atoms with Gasteiger partial charge in [-0.15, -0.1) is 0 Å². The van der Waals surface area contributed by atoms with E-state index in [-0.39, 0.29) is 11.4 Å². The van der Waals surface area contributed by atoms with Crippen LogP contribution < -0.4 is 15.0 Å². The van der Waals surface area contributed by atoms with Gasteiger partial charge in [0.15, 0.2) is 11.4 Å². The molecule has 0 aliphatic carbocycles. The second-order valence-corrected chi connectivity index (χ2v) is 8.54. The fourth-order valence-electron chi connectivity index (χ4n) is 4.12. The van der Waals surface area contributed by atoms with Gasteiger partial charge in [0.2, 0.25) is 0 Å². The SMILES string of the molecule is Cc1nc(CC2CCN(c3ccc(Oc4ccccc4)cc3)CC2)nc(C(=O)NCC(=O)O)c1O. The van der Waals surface area contributed by atoms with E-state index in [0.717, 1.165) is 43.1 Å². The number of aliphatic carboxylic acids is 1. The number of para-hydroxylation sites is 1. The van der Waals surface area contributed by atoms with Crippen LogP contribution in [0.4, 0.5) is 5.69 Å². The number of aryl methyl sites for hydroxylation is 1. The average molecular weight is 477 g/mol. The monoisotopic (exact) mass is 476 g/mol. The van der Waals surface area contributed by atoms with Crippen LogP contribution in [0.1, 0.15) is 34.8 Å². The largest absolute Gasteiger partial charge is 0.504 e. The molecule has 35 heavy (non-hydrogen) atoms. The van der Waals surface area contributed by atoms with Gasteiger partial charge < -0.3 is 25.2 Å². The van der Waals surface area contributed by atoms with Crippen LogP contribution in [-0.2, 0) is 11.2 Å². The number of carboxylic acid groups (broad SMARTS) is 1. The van der Waals surface area contributed by atoms with Gasteiger partial charge in [-0.3, -0.25) is 9.59 Å². The summed E-state index contributed by atoms with van der Waals surface area (Å²) < 4.78 is 5.87. The molecule has 182 valence electrons. The van der Waals surface area contributed by atoms with Crippen LogP contribution in [0.25, 0.3) is 0 Å². The van der Waals surface area contributed by atoms with Crippen molar-refractivity contribution >= 4 is 17.6 Å². The maximum atomic E-state index is 12.3. The highest BCUT2D eigenvalue weighted by Gasteiger charge is 2.23. The van der Waals surface area contributed by atoms with Crippen LogP contribution in [0.15, 0.2) is 54.6 Å². The first-order valence-electron chi connectivity index (χ1n) is 11.5. The highest BCUT2D eigenvalue weighted by molar-refractivity contribution is 5.96. The van der Waals surface area contributed by atoms with Crippen molar-refractivity contribution in [3.05, 3.63) is 71.8 Å². The molecule has 1 aliphatic rings. The lowest BCUT2D eigenvalue weighted by Crippen LogP contribution is -2.34. The van der Waals surface area contributed by atoms with Crippen molar-refractivity contribution in [3.63, 3.8) is 0 Å². The maximum absolute atomic E-state index is 12.3. The highest BCUT2D eigenvalue weighted by Crippen LogP contribution is 2.29. The van der Waals surface area contributed by atoms with Gasteiger partial charge in [0, 0.05) is 25.2 Å². The summed E-state index contributed by atoms with van der Waals surface area (Å²) in [7, 11) is 0. The van der Waals surface area contributed by atoms with Gasteiger partial charge in [-0.1, -0.05) is 18.2 Å². The number of carboxylic acids is 1. The third-order valence-electron chi connectivity index (χ3n) is 5.99. The number of aromatic nitrogens is 2. The summed E-state index contributed by atoms with van der Waals surface area (Å²) in [6.45, 7) is 2.82. The number of ether oxygens (including phenoxy) is 1. The Bertz CT molecular complexity index is 1180. The molecule has 0 spiro atoms. The molecule has 4 rings (SSSR count). The molecule has 3 N–H and O–H groups in total. The first kappa shape index (κ1) is 24.0. The van der Waals surface area contributed by atoms with Gasteiger partial charge in [0.05, 0.1) is 5.69 Å². The first-order valence-corrected chi connectivity index (χ1v) is 11.5. The van der Waals surface area contributed by atoms with Gasteiger partial charge >= 0.3 is 5.97 Å². The molecular formula is C26H28N4O5. The number of hydrogen-bond acceptors (Lipinski definition) is 7. The van der Waals surface area contributed by atoms with E-state index in [1.807, 2.05) is 42.5 Å². The van der Waals surface area contributed by atoms with E-state index in [2.05, 4.69) is 32.3 Å². The number of rotatable bonds is 8. The molecule has 9 heteroatoms. The van der Waals surface area contributed by atoms with Crippen LogP contribution in [-0.4, -0.2) is 51.7 Å². The second-order valence-electron chi connectivity index (χ2n) is 8.54. The molecule has 1 fully saturated rings. The fourth-order valence-corrected chi connectivity index (χ4v) is 4.12. The Morgan fingerprint density at radius 2 is 1.69 bits per heavy atom. The van der Waals surface area contributed by atoms with E-state index in [9.17, 15) is 14.7 Å². The van der Waals surface area contributed by atoms with E-state index in [1.165, 1.54) is 0 Å². The zero-order valence-corrected chi connectivity index (χ0v) is 19.5. The number of benzene rings is 2. The molecule has 1 amide bonds. The molecule has 0 saturated carbocycles. The Morgan fingerprint density at radius 3 is 2.34 bits per heavy atom. The molecule has 1 saturated heterocycles. The molecule has 0 unspecified atom stereocenters. The number of carbonyl (C=O) groups excluding carboxylic acids is 1. The van der Waals surface area contributed by atoms with Crippen molar-refractivity contribution in [3.8, 4) is 17.2 Å². The minimum Gasteiger partial charge on any atom is -0.504 e. The number of nitrogens with one attached hydrogen (secondary N) is 1. The normalized spacial score (nSPS) is 13.9. The zero-order chi connectivity index (χ0) is 24.8. The molecule has 0 atom stereocenters. The minimum absolute atomic E-state index is 0.191. The summed E-state index contributed by atoms with van der Waals surface area (Å²) >= 11 is 0. The van der Waals surface area contributed by atoms with Crippen LogP contribution >= 0.6 is 0 Å². The number of piperidine rings is 1. The molecule has 3 aromatic rings.